The van der Waals surface area contributed by atoms with E-state index in [1.165, 1.54) is 11.0 Å². The predicted octanol–water partition coefficient (Wildman–Crippen LogP) is 5.88. The van der Waals surface area contributed by atoms with Crippen molar-refractivity contribution in [1.82, 2.24) is 9.47 Å². The lowest BCUT2D eigenvalue weighted by molar-refractivity contribution is -0.144. The summed E-state index contributed by atoms with van der Waals surface area (Å²) in [5, 5.41) is 13.3. The molecule has 1 saturated heterocycles. The number of hydrogen-bond donors (Lipinski definition) is 2. The van der Waals surface area contributed by atoms with Gasteiger partial charge in [0.2, 0.25) is 5.91 Å². The van der Waals surface area contributed by atoms with Crippen LogP contribution in [-0.4, -0.2) is 63.8 Å². The van der Waals surface area contributed by atoms with E-state index in [0.717, 1.165) is 10.9 Å². The number of carbonyl (C=O) groups excluding carboxylic acids is 2. The Bertz CT molecular complexity index is 1470. The summed E-state index contributed by atoms with van der Waals surface area (Å²) in [6.07, 6.45) is 2.98. The van der Waals surface area contributed by atoms with E-state index < -0.39 is 18.2 Å². The van der Waals surface area contributed by atoms with Crippen LogP contribution >= 0.6 is 23.2 Å². The molecule has 1 aliphatic heterocycles. The number of benzene rings is 2. The van der Waals surface area contributed by atoms with E-state index in [-0.39, 0.29) is 59.9 Å². The number of nitrogens with one attached hydrogen (secondary N) is 1. The average molecular weight is 605 g/mol. The fourth-order valence-corrected chi connectivity index (χ4v) is 6.31. The Hall–Kier alpha value is -3.14. The lowest BCUT2D eigenvalue weighted by atomic mass is 9.87. The molecule has 3 aromatic rings. The summed E-state index contributed by atoms with van der Waals surface area (Å²) in [5.41, 5.74) is 2.20. The maximum atomic E-state index is 14.4. The monoisotopic (exact) mass is 603 g/mol. The van der Waals surface area contributed by atoms with Crippen LogP contribution in [0.5, 0.6) is 0 Å². The number of hydrogen-bond acceptors (Lipinski definition) is 4. The Balaban J connectivity index is 1.21. The highest BCUT2D eigenvalue weighted by molar-refractivity contribution is 6.36. The van der Waals surface area contributed by atoms with E-state index in [9.17, 15) is 23.9 Å². The highest BCUT2D eigenvalue weighted by Gasteiger charge is 2.36. The van der Waals surface area contributed by atoms with E-state index in [1.54, 1.807) is 12.3 Å². The number of aromatic nitrogens is 1. The Labute approximate surface area is 247 Å². The first-order valence-corrected chi connectivity index (χ1v) is 14.5. The zero-order valence-corrected chi connectivity index (χ0v) is 24.1. The number of likely N-dealkylation sites (tertiary alicyclic amines) is 1. The van der Waals surface area contributed by atoms with Gasteiger partial charge in [-0.25, -0.2) is 4.39 Å². The zero-order valence-electron chi connectivity index (χ0n) is 22.6. The molecule has 2 amide bonds. The second-order valence-corrected chi connectivity index (χ2v) is 11.7. The fourth-order valence-electron chi connectivity index (χ4n) is 5.84. The lowest BCUT2D eigenvalue weighted by Gasteiger charge is -2.30. The van der Waals surface area contributed by atoms with Crippen molar-refractivity contribution < 1.29 is 28.6 Å². The van der Waals surface area contributed by atoms with Crippen LogP contribution in [0.2, 0.25) is 10.0 Å². The van der Waals surface area contributed by atoms with Gasteiger partial charge in [0.25, 0.3) is 5.91 Å². The minimum absolute atomic E-state index is 0.0247. The van der Waals surface area contributed by atoms with Crippen molar-refractivity contribution >= 4 is 57.6 Å². The van der Waals surface area contributed by atoms with Crippen LogP contribution in [0.3, 0.4) is 0 Å². The van der Waals surface area contributed by atoms with E-state index in [1.807, 2.05) is 35.9 Å². The van der Waals surface area contributed by atoms with Crippen LogP contribution in [0.25, 0.3) is 10.9 Å². The molecule has 2 fully saturated rings. The Kier molecular flexibility index (Phi) is 8.87. The molecule has 2 aliphatic rings. The van der Waals surface area contributed by atoms with Crippen LogP contribution < -0.4 is 5.32 Å². The molecule has 0 unspecified atom stereocenters. The Morgan fingerprint density at radius 3 is 2.56 bits per heavy atom. The van der Waals surface area contributed by atoms with Crippen molar-refractivity contribution in [3.8, 4) is 0 Å². The molecular weight excluding hydrogens is 572 g/mol. The molecule has 2 N–H and O–H groups in total. The first kappa shape index (κ1) is 29.4. The van der Waals surface area contributed by atoms with Crippen molar-refractivity contribution in [1.29, 1.82) is 0 Å². The van der Waals surface area contributed by atoms with Gasteiger partial charge in [0.05, 0.1) is 53.9 Å². The molecule has 0 radical (unpaired) electrons. The van der Waals surface area contributed by atoms with Gasteiger partial charge < -0.3 is 24.6 Å². The normalized spacial score (nSPS) is 22.7. The maximum absolute atomic E-state index is 14.4. The number of halogens is 3. The molecule has 2 aromatic carbocycles. The van der Waals surface area contributed by atoms with Gasteiger partial charge in [0.1, 0.15) is 6.17 Å². The van der Waals surface area contributed by atoms with Crippen molar-refractivity contribution in [2.75, 3.05) is 18.5 Å². The fraction of sp³-hybridized carbons (Fsp3) is 0.433. The number of para-hydroxylation sites is 1. The van der Waals surface area contributed by atoms with Gasteiger partial charge in [-0.3, -0.25) is 14.4 Å². The van der Waals surface area contributed by atoms with Gasteiger partial charge in [-0.15, -0.1) is 0 Å². The standard InChI is InChI=1S/C30H32Cl2FN3O5/c1-35-15-23(22-4-2-3-5-27(22)35)29(38)34-26-13-24(31)18(10-25(26)32)11-28(37)36-14-19(33)12-20(36)16-41-21-8-6-17(7-9-21)30(39)40/h2-5,10,13,15,17,19-21H,6-9,11-12,14,16H2,1H3,(H,34,38)(H,39,40)/t17?,19-,20-,21?/m0/s1. The first-order chi connectivity index (χ1) is 19.6. The second-order valence-electron chi connectivity index (χ2n) is 10.9. The van der Waals surface area contributed by atoms with Crippen LogP contribution in [0.1, 0.15) is 48.0 Å². The zero-order chi connectivity index (χ0) is 29.3. The molecule has 41 heavy (non-hydrogen) atoms. The van der Waals surface area contributed by atoms with E-state index in [4.69, 9.17) is 27.9 Å². The highest BCUT2D eigenvalue weighted by atomic mass is 35.5. The molecule has 2 heterocycles. The summed E-state index contributed by atoms with van der Waals surface area (Å²) < 4.78 is 22.2. The summed E-state index contributed by atoms with van der Waals surface area (Å²) in [5.74, 6) is -1.76. The van der Waals surface area contributed by atoms with Gasteiger partial charge in [-0.2, -0.15) is 0 Å². The topological polar surface area (TPSA) is 101 Å². The number of nitrogens with zero attached hydrogens (tertiary/aromatic N) is 2. The van der Waals surface area contributed by atoms with E-state index >= 15 is 0 Å². The molecule has 0 bridgehead atoms. The van der Waals surface area contributed by atoms with Crippen LogP contribution in [0, 0.1) is 5.92 Å². The van der Waals surface area contributed by atoms with E-state index in [0.29, 0.717) is 42.5 Å². The Morgan fingerprint density at radius 2 is 1.83 bits per heavy atom. The van der Waals surface area contributed by atoms with Crippen LogP contribution in [0.15, 0.2) is 42.6 Å². The third-order valence-electron chi connectivity index (χ3n) is 8.10. The van der Waals surface area contributed by atoms with Gasteiger partial charge in [0, 0.05) is 35.6 Å². The number of carbonyl (C=O) groups is 3. The molecular formula is C30H32Cl2FN3O5. The number of aliphatic carboxylic acids is 1. The maximum Gasteiger partial charge on any atom is 0.306 e. The summed E-state index contributed by atoms with van der Waals surface area (Å²) in [7, 11) is 1.86. The largest absolute Gasteiger partial charge is 0.481 e. The second kappa shape index (κ2) is 12.4. The van der Waals surface area contributed by atoms with Crippen molar-refractivity contribution in [3.63, 3.8) is 0 Å². The minimum Gasteiger partial charge on any atom is -0.481 e. The number of carboxylic acids is 1. The third kappa shape index (κ3) is 6.52. The molecule has 1 aromatic heterocycles. The smallest absolute Gasteiger partial charge is 0.306 e. The molecule has 2 atom stereocenters. The van der Waals surface area contributed by atoms with Crippen LogP contribution in [0.4, 0.5) is 10.1 Å². The molecule has 8 nitrogen and oxygen atoms in total. The van der Waals surface area contributed by atoms with Crippen molar-refractivity contribution in [2.45, 2.75) is 56.8 Å². The molecule has 0 spiro atoms. The quantitative estimate of drug-likeness (QED) is 0.335. The van der Waals surface area contributed by atoms with Crippen LogP contribution in [-0.2, 0) is 27.8 Å². The van der Waals surface area contributed by atoms with Gasteiger partial charge in [-0.05, 0) is 49.4 Å². The number of anilines is 1. The summed E-state index contributed by atoms with van der Waals surface area (Å²) >= 11 is 13.0. The average Bonchev–Trinajstić information content (AvgIpc) is 3.50. The van der Waals surface area contributed by atoms with Crippen molar-refractivity contribution in [3.05, 3.63) is 63.8 Å². The number of fused-ring (bicyclic) bond motifs is 1. The highest BCUT2D eigenvalue weighted by Crippen LogP contribution is 2.33. The summed E-state index contributed by atoms with van der Waals surface area (Å²) in [6.45, 7) is 0.172. The predicted molar refractivity (Wildman–Crippen MR) is 155 cm³/mol. The molecule has 218 valence electrons. The minimum atomic E-state index is -1.15. The van der Waals surface area contributed by atoms with Gasteiger partial charge >= 0.3 is 5.97 Å². The van der Waals surface area contributed by atoms with E-state index in [2.05, 4.69) is 5.32 Å². The number of rotatable bonds is 8. The third-order valence-corrected chi connectivity index (χ3v) is 8.76. The number of carboxylic acid groups (broad SMARTS) is 1. The van der Waals surface area contributed by atoms with Crippen molar-refractivity contribution in [2.24, 2.45) is 13.0 Å². The summed E-state index contributed by atoms with van der Waals surface area (Å²) in [6, 6.07) is 10.2. The molecule has 1 aliphatic carbocycles. The summed E-state index contributed by atoms with van der Waals surface area (Å²) in [4.78, 5) is 39.0. The SMILES string of the molecule is Cn1cc(C(=O)Nc2cc(Cl)c(CC(=O)N3C[C@@H](F)C[C@H]3COC3CCC(C(=O)O)CC3)cc2Cl)c2ccccc21. The number of ether oxygens (including phenoxy) is 1. The number of alkyl halides is 1. The number of amides is 2. The Morgan fingerprint density at radius 1 is 1.10 bits per heavy atom. The first-order valence-electron chi connectivity index (χ1n) is 13.7. The number of aryl methyl sites for hydroxylation is 1. The van der Waals surface area contributed by atoms with Gasteiger partial charge in [0.15, 0.2) is 0 Å². The van der Waals surface area contributed by atoms with Gasteiger partial charge in [-0.1, -0.05) is 41.4 Å². The molecule has 11 heteroatoms. The molecule has 1 saturated carbocycles. The lowest BCUT2D eigenvalue weighted by Crippen LogP contribution is -2.40. The molecule has 5 rings (SSSR count).